The summed E-state index contributed by atoms with van der Waals surface area (Å²) in [4.78, 5) is 23.1. The lowest BCUT2D eigenvalue weighted by molar-refractivity contribution is 0.101. The van der Waals surface area contributed by atoms with Crippen LogP contribution in [0.1, 0.15) is 20.7 Å². The van der Waals surface area contributed by atoms with Crippen molar-refractivity contribution in [3.63, 3.8) is 0 Å². The fraction of sp³-hybridized carbons (Fsp3) is 0.125. The number of carbonyl (C=O) groups is 2. The van der Waals surface area contributed by atoms with Crippen LogP contribution in [0.3, 0.4) is 0 Å². The molecule has 0 fully saturated rings. The molecule has 1 heterocycles. The average molecular weight is 283 g/mol. The molecule has 5 nitrogen and oxygen atoms in total. The molecular formula is C16H13NO4. The molecule has 0 saturated carbocycles. The zero-order valence-electron chi connectivity index (χ0n) is 11.2. The maximum absolute atomic E-state index is 12.4. The number of ether oxygens (including phenoxy) is 2. The Morgan fingerprint density at radius 1 is 1.10 bits per heavy atom. The van der Waals surface area contributed by atoms with Crippen LogP contribution in [0, 0.1) is 0 Å². The van der Waals surface area contributed by atoms with E-state index in [9.17, 15) is 9.59 Å². The van der Waals surface area contributed by atoms with Gasteiger partial charge in [0.05, 0.1) is 5.56 Å². The normalized spacial score (nSPS) is 12.6. The molecule has 0 unspecified atom stereocenters. The van der Waals surface area contributed by atoms with Crippen LogP contribution in [0.4, 0.5) is 5.69 Å². The van der Waals surface area contributed by atoms with Crippen molar-refractivity contribution < 1.29 is 19.1 Å². The molecule has 0 bridgehead atoms. The molecule has 0 saturated heterocycles. The predicted molar refractivity (Wildman–Crippen MR) is 77.2 cm³/mol. The van der Waals surface area contributed by atoms with Crippen LogP contribution in [0.15, 0.2) is 42.5 Å². The second-order valence-electron chi connectivity index (χ2n) is 4.53. The van der Waals surface area contributed by atoms with Crippen LogP contribution in [0.2, 0.25) is 0 Å². The minimum absolute atomic E-state index is 0.305. The molecule has 0 atom stereocenters. The van der Waals surface area contributed by atoms with Gasteiger partial charge < -0.3 is 14.8 Å². The van der Waals surface area contributed by atoms with E-state index < -0.39 is 0 Å². The Morgan fingerprint density at radius 2 is 1.90 bits per heavy atom. The lowest BCUT2D eigenvalue weighted by Crippen LogP contribution is -2.20. The Kier molecular flexibility index (Phi) is 3.55. The third kappa shape index (κ3) is 2.72. The standard InChI is InChI=1S/C16H13NO4/c18-10-11-3-1-4-12(9-11)17-16(19)13-5-2-6-14-15(13)21-8-7-20-14/h1-6,9-10H,7-8H2,(H,17,19). The van der Waals surface area contributed by atoms with Gasteiger partial charge in [0.2, 0.25) is 0 Å². The highest BCUT2D eigenvalue weighted by Gasteiger charge is 2.20. The number of nitrogens with one attached hydrogen (secondary N) is 1. The van der Waals surface area contributed by atoms with E-state index >= 15 is 0 Å². The van der Waals surface area contributed by atoms with Gasteiger partial charge in [-0.15, -0.1) is 0 Å². The average Bonchev–Trinajstić information content (AvgIpc) is 2.54. The molecule has 106 valence electrons. The van der Waals surface area contributed by atoms with Crippen molar-refractivity contribution in [2.75, 3.05) is 18.5 Å². The lowest BCUT2D eigenvalue weighted by Gasteiger charge is -2.20. The first-order chi connectivity index (χ1) is 10.3. The number of aldehydes is 1. The maximum atomic E-state index is 12.4. The highest BCUT2D eigenvalue weighted by Crippen LogP contribution is 2.33. The molecule has 2 aromatic rings. The summed E-state index contributed by atoms with van der Waals surface area (Å²) in [6.45, 7) is 0.886. The van der Waals surface area contributed by atoms with E-state index in [-0.39, 0.29) is 5.91 Å². The zero-order valence-corrected chi connectivity index (χ0v) is 11.2. The quantitative estimate of drug-likeness (QED) is 0.879. The molecule has 0 spiro atoms. The highest BCUT2D eigenvalue weighted by molar-refractivity contribution is 6.07. The molecular weight excluding hydrogens is 270 g/mol. The molecule has 0 aromatic heterocycles. The van der Waals surface area contributed by atoms with Crippen LogP contribution in [0.5, 0.6) is 11.5 Å². The van der Waals surface area contributed by atoms with E-state index in [2.05, 4.69) is 5.32 Å². The summed E-state index contributed by atoms with van der Waals surface area (Å²) in [5, 5.41) is 2.75. The lowest BCUT2D eigenvalue weighted by atomic mass is 10.1. The number of hydrogen-bond acceptors (Lipinski definition) is 4. The van der Waals surface area contributed by atoms with Gasteiger partial charge in [-0.25, -0.2) is 0 Å². The second-order valence-corrected chi connectivity index (χ2v) is 4.53. The van der Waals surface area contributed by atoms with E-state index in [1.165, 1.54) is 0 Å². The monoisotopic (exact) mass is 283 g/mol. The fourth-order valence-corrected chi connectivity index (χ4v) is 2.14. The summed E-state index contributed by atoms with van der Waals surface area (Å²) in [5.74, 6) is 0.712. The summed E-state index contributed by atoms with van der Waals surface area (Å²) in [5.41, 5.74) is 1.46. The SMILES string of the molecule is O=Cc1cccc(NC(=O)c2cccc3c2OCCO3)c1. The number of fused-ring (bicyclic) bond motifs is 1. The molecule has 1 N–H and O–H groups in total. The summed E-state index contributed by atoms with van der Waals surface area (Å²) in [7, 11) is 0. The van der Waals surface area contributed by atoms with Crippen molar-refractivity contribution in [1.82, 2.24) is 0 Å². The Hall–Kier alpha value is -2.82. The van der Waals surface area contributed by atoms with E-state index in [0.29, 0.717) is 41.5 Å². The van der Waals surface area contributed by atoms with Crippen molar-refractivity contribution in [2.24, 2.45) is 0 Å². The summed E-state index contributed by atoms with van der Waals surface area (Å²) in [6.07, 6.45) is 0.733. The Balaban J connectivity index is 1.87. The number of benzene rings is 2. The molecule has 0 radical (unpaired) electrons. The number of hydrogen-bond donors (Lipinski definition) is 1. The Bertz CT molecular complexity index is 696. The van der Waals surface area contributed by atoms with E-state index in [1.54, 1.807) is 42.5 Å². The van der Waals surface area contributed by atoms with Crippen LogP contribution >= 0.6 is 0 Å². The molecule has 3 rings (SSSR count). The minimum Gasteiger partial charge on any atom is -0.486 e. The van der Waals surface area contributed by atoms with Crippen molar-refractivity contribution in [3.05, 3.63) is 53.6 Å². The van der Waals surface area contributed by atoms with Crippen LogP contribution < -0.4 is 14.8 Å². The van der Waals surface area contributed by atoms with E-state index in [1.807, 2.05) is 0 Å². The molecule has 0 aliphatic carbocycles. The molecule has 2 aromatic carbocycles. The van der Waals surface area contributed by atoms with Gasteiger partial charge in [-0.05, 0) is 24.3 Å². The number of rotatable bonds is 3. The van der Waals surface area contributed by atoms with Crippen molar-refractivity contribution in [3.8, 4) is 11.5 Å². The molecule has 21 heavy (non-hydrogen) atoms. The number of amides is 1. The van der Waals surface area contributed by atoms with E-state index in [0.717, 1.165) is 6.29 Å². The summed E-state index contributed by atoms with van der Waals surface area (Å²) >= 11 is 0. The Labute approximate surface area is 121 Å². The van der Waals surface area contributed by atoms with Gasteiger partial charge in [0.1, 0.15) is 19.5 Å². The molecule has 1 amide bonds. The third-order valence-electron chi connectivity index (χ3n) is 3.09. The maximum Gasteiger partial charge on any atom is 0.259 e. The highest BCUT2D eigenvalue weighted by atomic mass is 16.6. The topological polar surface area (TPSA) is 64.6 Å². The molecule has 1 aliphatic heterocycles. The van der Waals surface area contributed by atoms with Gasteiger partial charge in [0.25, 0.3) is 5.91 Å². The van der Waals surface area contributed by atoms with Gasteiger partial charge in [-0.1, -0.05) is 18.2 Å². The fourth-order valence-electron chi connectivity index (χ4n) is 2.14. The third-order valence-corrected chi connectivity index (χ3v) is 3.09. The number of para-hydroxylation sites is 1. The second kappa shape index (κ2) is 5.66. The van der Waals surface area contributed by atoms with E-state index in [4.69, 9.17) is 9.47 Å². The van der Waals surface area contributed by atoms with Gasteiger partial charge in [-0.2, -0.15) is 0 Å². The largest absolute Gasteiger partial charge is 0.486 e. The van der Waals surface area contributed by atoms with Crippen molar-refractivity contribution in [1.29, 1.82) is 0 Å². The first-order valence-electron chi connectivity index (χ1n) is 6.53. The predicted octanol–water partition coefficient (Wildman–Crippen LogP) is 2.52. The van der Waals surface area contributed by atoms with Gasteiger partial charge in [0, 0.05) is 11.3 Å². The molecule has 5 heteroatoms. The van der Waals surface area contributed by atoms with Crippen molar-refractivity contribution >= 4 is 17.9 Å². The first kappa shape index (κ1) is 13.2. The van der Waals surface area contributed by atoms with Crippen LogP contribution in [-0.2, 0) is 0 Å². The van der Waals surface area contributed by atoms with Crippen LogP contribution in [-0.4, -0.2) is 25.4 Å². The van der Waals surface area contributed by atoms with Gasteiger partial charge in [0.15, 0.2) is 11.5 Å². The number of carbonyl (C=O) groups excluding carboxylic acids is 2. The summed E-state index contributed by atoms with van der Waals surface area (Å²) < 4.78 is 11.0. The minimum atomic E-state index is -0.305. The molecule has 1 aliphatic rings. The van der Waals surface area contributed by atoms with Crippen molar-refractivity contribution in [2.45, 2.75) is 0 Å². The van der Waals surface area contributed by atoms with Gasteiger partial charge >= 0.3 is 0 Å². The first-order valence-corrected chi connectivity index (χ1v) is 6.53. The summed E-state index contributed by atoms with van der Waals surface area (Å²) in [6, 6.07) is 11.9. The van der Waals surface area contributed by atoms with Gasteiger partial charge in [-0.3, -0.25) is 9.59 Å². The Morgan fingerprint density at radius 3 is 2.76 bits per heavy atom. The number of anilines is 1. The smallest absolute Gasteiger partial charge is 0.259 e. The van der Waals surface area contributed by atoms with Crippen LogP contribution in [0.25, 0.3) is 0 Å². The zero-order chi connectivity index (χ0) is 14.7.